The van der Waals surface area contributed by atoms with Crippen LogP contribution in [0.5, 0.6) is 0 Å². The number of amides is 2. The minimum atomic E-state index is -0.466. The van der Waals surface area contributed by atoms with Crippen LogP contribution in [-0.2, 0) is 28.9 Å². The van der Waals surface area contributed by atoms with Crippen molar-refractivity contribution in [2.24, 2.45) is 0 Å². The SMILES string of the molecule is N#Cc1c(NC(=O)/C=C/c2ccco2)sc2c1CCC(OC(=O)NCCn1ccnc1)C2. The number of hydrogen-bond donors (Lipinski definition) is 2. The summed E-state index contributed by atoms with van der Waals surface area (Å²) in [6.07, 6.45) is 10.6. The van der Waals surface area contributed by atoms with Gasteiger partial charge in [0.15, 0.2) is 0 Å². The molecular formula is C22H21N5O4S. The Morgan fingerprint density at radius 3 is 3.12 bits per heavy atom. The number of nitrogens with one attached hydrogen (secondary N) is 2. The van der Waals surface area contributed by atoms with Gasteiger partial charge < -0.3 is 24.4 Å². The van der Waals surface area contributed by atoms with E-state index in [0.717, 1.165) is 10.4 Å². The Bertz CT molecular complexity index is 1140. The lowest BCUT2D eigenvalue weighted by molar-refractivity contribution is -0.111. The fourth-order valence-corrected chi connectivity index (χ4v) is 4.72. The van der Waals surface area contributed by atoms with Crippen LogP contribution >= 0.6 is 11.3 Å². The minimum Gasteiger partial charge on any atom is -0.465 e. The van der Waals surface area contributed by atoms with Gasteiger partial charge in [-0.25, -0.2) is 9.78 Å². The van der Waals surface area contributed by atoms with Crippen molar-refractivity contribution >= 4 is 34.4 Å². The van der Waals surface area contributed by atoms with Gasteiger partial charge >= 0.3 is 6.09 Å². The summed E-state index contributed by atoms with van der Waals surface area (Å²) in [6, 6.07) is 5.67. The predicted molar refractivity (Wildman–Crippen MR) is 118 cm³/mol. The van der Waals surface area contributed by atoms with Gasteiger partial charge in [-0.3, -0.25) is 4.79 Å². The number of furan rings is 1. The molecule has 4 rings (SSSR count). The highest BCUT2D eigenvalue weighted by Crippen LogP contribution is 2.38. The summed E-state index contributed by atoms with van der Waals surface area (Å²) in [5.74, 6) is 0.219. The molecule has 3 aromatic rings. The van der Waals surface area contributed by atoms with Crippen LogP contribution < -0.4 is 10.6 Å². The van der Waals surface area contributed by atoms with Crippen molar-refractivity contribution in [1.29, 1.82) is 5.26 Å². The number of carbonyl (C=O) groups is 2. The van der Waals surface area contributed by atoms with Gasteiger partial charge in [-0.1, -0.05) is 0 Å². The first-order chi connectivity index (χ1) is 15.6. The van der Waals surface area contributed by atoms with E-state index in [2.05, 4.69) is 21.7 Å². The monoisotopic (exact) mass is 451 g/mol. The van der Waals surface area contributed by atoms with Gasteiger partial charge in [0.25, 0.3) is 0 Å². The third-order valence-electron chi connectivity index (χ3n) is 4.98. The van der Waals surface area contributed by atoms with Gasteiger partial charge in [0, 0.05) is 42.9 Å². The highest BCUT2D eigenvalue weighted by atomic mass is 32.1. The maximum absolute atomic E-state index is 12.3. The number of hydrogen-bond acceptors (Lipinski definition) is 7. The third kappa shape index (κ3) is 5.25. The van der Waals surface area contributed by atoms with Gasteiger partial charge in [-0.05, 0) is 36.6 Å². The summed E-state index contributed by atoms with van der Waals surface area (Å²) in [5.41, 5.74) is 1.40. The van der Waals surface area contributed by atoms with Crippen molar-refractivity contribution in [3.05, 3.63) is 65.0 Å². The molecule has 10 heteroatoms. The van der Waals surface area contributed by atoms with E-state index in [1.807, 2.05) is 10.8 Å². The van der Waals surface area contributed by atoms with E-state index in [1.165, 1.54) is 23.7 Å². The smallest absolute Gasteiger partial charge is 0.407 e. The van der Waals surface area contributed by atoms with Crippen LogP contribution in [0.3, 0.4) is 0 Å². The molecule has 0 radical (unpaired) electrons. The maximum atomic E-state index is 12.3. The number of carbonyl (C=O) groups excluding carboxylic acids is 2. The molecule has 0 aliphatic heterocycles. The molecule has 0 saturated carbocycles. The molecule has 3 heterocycles. The van der Waals surface area contributed by atoms with E-state index in [4.69, 9.17) is 9.15 Å². The molecule has 1 unspecified atom stereocenters. The quantitative estimate of drug-likeness (QED) is 0.531. The standard InChI is InChI=1S/C22H21N5O4S/c23-13-18-17-5-3-16(31-22(29)25-8-10-27-9-7-24-14-27)12-19(17)32-21(18)26-20(28)6-4-15-2-1-11-30-15/h1-2,4,6-7,9,11,14,16H,3,5,8,10,12H2,(H,25,29)(H,26,28)/b6-4+. The largest absolute Gasteiger partial charge is 0.465 e. The number of aromatic nitrogens is 2. The number of rotatable bonds is 7. The number of fused-ring (bicyclic) bond motifs is 1. The van der Waals surface area contributed by atoms with Crippen molar-refractivity contribution in [2.75, 3.05) is 11.9 Å². The first-order valence-corrected chi connectivity index (χ1v) is 10.9. The fourth-order valence-electron chi connectivity index (χ4n) is 3.46. The zero-order chi connectivity index (χ0) is 22.3. The summed E-state index contributed by atoms with van der Waals surface area (Å²) in [6.45, 7) is 1.05. The van der Waals surface area contributed by atoms with Crippen molar-refractivity contribution in [3.63, 3.8) is 0 Å². The lowest BCUT2D eigenvalue weighted by Gasteiger charge is -2.22. The summed E-state index contributed by atoms with van der Waals surface area (Å²) in [4.78, 5) is 29.3. The number of nitrogens with zero attached hydrogens (tertiary/aromatic N) is 3. The lowest BCUT2D eigenvalue weighted by atomic mass is 9.94. The van der Waals surface area contributed by atoms with Crippen molar-refractivity contribution in [3.8, 4) is 6.07 Å². The van der Waals surface area contributed by atoms with Crippen LogP contribution in [0.15, 0.2) is 47.6 Å². The topological polar surface area (TPSA) is 122 Å². The molecule has 1 aliphatic rings. The van der Waals surface area contributed by atoms with Gasteiger partial charge in [0.1, 0.15) is 22.9 Å². The molecule has 9 nitrogen and oxygen atoms in total. The molecule has 0 bridgehead atoms. The zero-order valence-corrected chi connectivity index (χ0v) is 17.9. The Kier molecular flexibility index (Phi) is 6.67. The first-order valence-electron chi connectivity index (χ1n) is 10.1. The predicted octanol–water partition coefficient (Wildman–Crippen LogP) is 3.34. The Morgan fingerprint density at radius 1 is 1.47 bits per heavy atom. The lowest BCUT2D eigenvalue weighted by Crippen LogP contribution is -2.33. The molecule has 0 aromatic carbocycles. The molecule has 0 saturated heterocycles. The number of imidazole rings is 1. The normalized spacial score (nSPS) is 15.2. The molecule has 0 spiro atoms. The highest BCUT2D eigenvalue weighted by molar-refractivity contribution is 7.16. The number of ether oxygens (including phenoxy) is 1. The van der Waals surface area contributed by atoms with Crippen LogP contribution in [0, 0.1) is 11.3 Å². The van der Waals surface area contributed by atoms with E-state index in [1.54, 1.807) is 30.7 Å². The number of anilines is 1. The van der Waals surface area contributed by atoms with Crippen LogP contribution in [0.25, 0.3) is 6.08 Å². The third-order valence-corrected chi connectivity index (χ3v) is 6.15. The zero-order valence-electron chi connectivity index (χ0n) is 17.1. The van der Waals surface area contributed by atoms with Crippen molar-refractivity contribution in [2.45, 2.75) is 31.9 Å². The number of thiophene rings is 1. The first kappa shape index (κ1) is 21.4. The highest BCUT2D eigenvalue weighted by Gasteiger charge is 2.28. The van der Waals surface area contributed by atoms with Crippen molar-refractivity contribution in [1.82, 2.24) is 14.9 Å². The summed E-state index contributed by atoms with van der Waals surface area (Å²) < 4.78 is 12.6. The molecule has 3 aromatic heterocycles. The van der Waals surface area contributed by atoms with E-state index in [9.17, 15) is 14.9 Å². The minimum absolute atomic E-state index is 0.275. The second-order valence-electron chi connectivity index (χ2n) is 7.16. The summed E-state index contributed by atoms with van der Waals surface area (Å²) >= 11 is 1.35. The van der Waals surface area contributed by atoms with Crippen LogP contribution in [0.1, 0.15) is 28.2 Å². The average molecular weight is 452 g/mol. The average Bonchev–Trinajstić information content (AvgIpc) is 3.53. The molecule has 32 heavy (non-hydrogen) atoms. The van der Waals surface area contributed by atoms with E-state index in [-0.39, 0.29) is 12.0 Å². The Morgan fingerprint density at radius 2 is 2.38 bits per heavy atom. The van der Waals surface area contributed by atoms with E-state index >= 15 is 0 Å². The van der Waals surface area contributed by atoms with Crippen LogP contribution in [0.2, 0.25) is 0 Å². The second kappa shape index (κ2) is 9.98. The molecule has 2 amide bonds. The second-order valence-corrected chi connectivity index (χ2v) is 8.26. The number of alkyl carbamates (subject to hydrolysis) is 1. The Balaban J connectivity index is 1.33. The van der Waals surface area contributed by atoms with E-state index < -0.39 is 6.09 Å². The molecular weight excluding hydrogens is 430 g/mol. The van der Waals surface area contributed by atoms with Crippen molar-refractivity contribution < 1.29 is 18.7 Å². The van der Waals surface area contributed by atoms with Gasteiger partial charge in [0.05, 0.1) is 18.2 Å². The summed E-state index contributed by atoms with van der Waals surface area (Å²) in [5, 5.41) is 15.6. The van der Waals surface area contributed by atoms with Crippen LogP contribution in [-0.4, -0.2) is 34.2 Å². The van der Waals surface area contributed by atoms with Crippen LogP contribution in [0.4, 0.5) is 9.80 Å². The molecule has 0 fully saturated rings. The van der Waals surface area contributed by atoms with Gasteiger partial charge in [0.2, 0.25) is 5.91 Å². The fraction of sp³-hybridized carbons (Fsp3) is 0.273. The van der Waals surface area contributed by atoms with Gasteiger partial charge in [-0.15, -0.1) is 11.3 Å². The maximum Gasteiger partial charge on any atom is 0.407 e. The molecule has 1 atom stereocenters. The Hall–Kier alpha value is -3.84. The van der Waals surface area contributed by atoms with Gasteiger partial charge in [-0.2, -0.15) is 5.26 Å². The molecule has 2 N–H and O–H groups in total. The molecule has 1 aliphatic carbocycles. The summed E-state index contributed by atoms with van der Waals surface area (Å²) in [7, 11) is 0. The van der Waals surface area contributed by atoms with E-state index in [0.29, 0.717) is 48.7 Å². The Labute approximate surface area is 188 Å². The number of nitriles is 1. The molecule has 164 valence electrons.